The fourth-order valence-corrected chi connectivity index (χ4v) is 3.81. The fourth-order valence-electron chi connectivity index (χ4n) is 3.03. The summed E-state index contributed by atoms with van der Waals surface area (Å²) >= 11 is 0. The van der Waals surface area contributed by atoms with Gasteiger partial charge in [0.2, 0.25) is 11.7 Å². The van der Waals surface area contributed by atoms with E-state index in [4.69, 9.17) is 19.7 Å². The number of nitrogens with zero attached hydrogens (tertiary/aromatic N) is 5. The van der Waals surface area contributed by atoms with E-state index in [1.54, 1.807) is 32.8 Å². The van der Waals surface area contributed by atoms with E-state index >= 15 is 4.39 Å². The number of alkyl halides is 1. The highest BCUT2D eigenvalue weighted by Crippen LogP contribution is 2.32. The molecule has 0 radical (unpaired) electrons. The van der Waals surface area contributed by atoms with Crippen LogP contribution < -0.4 is 15.7 Å². The molecule has 0 saturated carbocycles. The molecule has 0 spiro atoms. The Labute approximate surface area is 197 Å². The summed E-state index contributed by atoms with van der Waals surface area (Å²) in [7, 11) is 2.15. The lowest BCUT2D eigenvalue weighted by Crippen LogP contribution is -2.48. The smallest absolute Gasteiger partial charge is 0.462 e. The molecule has 0 bridgehead atoms. The number of anilines is 2. The van der Waals surface area contributed by atoms with E-state index in [1.807, 2.05) is 0 Å². The maximum absolute atomic E-state index is 15.9. The van der Waals surface area contributed by atoms with Crippen molar-refractivity contribution in [1.29, 1.82) is 0 Å². The Morgan fingerprint density at radius 2 is 2.03 bits per heavy atom. The topological polar surface area (TPSA) is 167 Å². The number of hydrogen-bond donors (Lipinski definition) is 3. The Morgan fingerprint density at radius 1 is 1.38 bits per heavy atom. The first kappa shape index (κ1) is 27.7. The van der Waals surface area contributed by atoms with Crippen LogP contribution in [0.4, 0.5) is 16.2 Å². The number of nitrogens with two attached hydrogens (primary N) is 1. The van der Waals surface area contributed by atoms with E-state index in [0.29, 0.717) is 5.82 Å². The van der Waals surface area contributed by atoms with Crippen LogP contribution in [-0.2, 0) is 29.1 Å². The summed E-state index contributed by atoms with van der Waals surface area (Å²) in [6, 6.07) is -0.906. The molecule has 190 valence electrons. The first-order valence-corrected chi connectivity index (χ1v) is 11.6. The SMILES string of the molecule is COC(CO[P+](=O)N[C@@H](C)C(=O)OC(C)C)[C@@H](O)[C@@](C)(F)n1cnc2c(N(C)C)nc(N)nc21. The highest BCUT2D eigenvalue weighted by atomic mass is 31.1. The van der Waals surface area contributed by atoms with Crippen molar-refractivity contribution < 1.29 is 32.9 Å². The molecule has 0 aromatic carbocycles. The molecular formula is C19H32FN7O6P+. The molecule has 0 aliphatic rings. The van der Waals surface area contributed by atoms with Crippen molar-refractivity contribution in [1.82, 2.24) is 24.6 Å². The van der Waals surface area contributed by atoms with Gasteiger partial charge >= 0.3 is 14.1 Å². The standard InChI is InChI=1S/C19H32FN7O6P/c1-10(2)33-17(29)11(3)25-34(30)32-8-12(31-7)14(28)19(4,20)27-9-22-13-15(26(5)6)23-18(21)24-16(13)27/h9-12,14,28H,8H2,1-7H3,(H,25,30)(H2,21,23,24)/q+1/t11-,12?,14+,19-/m0/s1. The number of aliphatic hydroxyl groups excluding tert-OH is 1. The third-order valence-electron chi connectivity index (χ3n) is 4.84. The number of halogens is 1. The van der Waals surface area contributed by atoms with Crippen LogP contribution >= 0.6 is 8.18 Å². The number of carbonyl (C=O) groups excluding carboxylic acids is 1. The minimum Gasteiger partial charge on any atom is -0.462 e. The van der Waals surface area contributed by atoms with Crippen molar-refractivity contribution in [3.05, 3.63) is 6.33 Å². The summed E-state index contributed by atoms with van der Waals surface area (Å²) in [6.45, 7) is 5.50. The summed E-state index contributed by atoms with van der Waals surface area (Å²) in [5.74, 6) is -2.79. The molecule has 0 fully saturated rings. The Hall–Kier alpha value is -2.51. The van der Waals surface area contributed by atoms with Crippen molar-refractivity contribution in [2.45, 2.75) is 57.8 Å². The Balaban J connectivity index is 2.15. The summed E-state index contributed by atoms with van der Waals surface area (Å²) in [5.41, 5.74) is 6.13. The summed E-state index contributed by atoms with van der Waals surface area (Å²) in [4.78, 5) is 25.8. The van der Waals surface area contributed by atoms with Gasteiger partial charge in [0.05, 0.1) is 12.4 Å². The van der Waals surface area contributed by atoms with Crippen LogP contribution in [-0.4, -0.2) is 82.8 Å². The van der Waals surface area contributed by atoms with Gasteiger partial charge < -0.3 is 25.2 Å². The number of imidazole rings is 1. The molecule has 2 rings (SSSR count). The molecule has 0 saturated heterocycles. The quantitative estimate of drug-likeness (QED) is 0.279. The zero-order valence-corrected chi connectivity index (χ0v) is 21.1. The molecule has 2 unspecified atom stereocenters. The predicted octanol–water partition coefficient (Wildman–Crippen LogP) is 1.10. The van der Waals surface area contributed by atoms with Gasteiger partial charge in [-0.05, 0) is 32.3 Å². The Kier molecular flexibility index (Phi) is 9.20. The lowest BCUT2D eigenvalue weighted by atomic mass is 10.0. The van der Waals surface area contributed by atoms with E-state index in [2.05, 4.69) is 20.0 Å². The van der Waals surface area contributed by atoms with Crippen molar-refractivity contribution in [2.24, 2.45) is 0 Å². The second kappa shape index (κ2) is 11.3. The highest BCUT2D eigenvalue weighted by molar-refractivity contribution is 7.36. The van der Waals surface area contributed by atoms with Crippen LogP contribution in [0.2, 0.25) is 0 Å². The van der Waals surface area contributed by atoms with Crippen LogP contribution in [0.25, 0.3) is 11.2 Å². The van der Waals surface area contributed by atoms with Crippen LogP contribution in [0.5, 0.6) is 0 Å². The Bertz CT molecular complexity index is 1020. The monoisotopic (exact) mass is 504 g/mol. The van der Waals surface area contributed by atoms with Gasteiger partial charge in [0.15, 0.2) is 17.0 Å². The molecule has 4 N–H and O–H groups in total. The van der Waals surface area contributed by atoms with Crippen LogP contribution in [0.3, 0.4) is 0 Å². The lowest BCUT2D eigenvalue weighted by Gasteiger charge is -2.32. The maximum atomic E-state index is 15.9. The van der Waals surface area contributed by atoms with E-state index in [9.17, 15) is 14.5 Å². The van der Waals surface area contributed by atoms with Crippen LogP contribution in [0, 0.1) is 0 Å². The molecule has 2 aromatic rings. The molecule has 0 amide bonds. The van der Waals surface area contributed by atoms with Gasteiger partial charge in [0.1, 0.15) is 24.9 Å². The molecule has 5 atom stereocenters. The molecule has 34 heavy (non-hydrogen) atoms. The number of rotatable bonds is 12. The molecule has 0 aliphatic heterocycles. The molecule has 2 aromatic heterocycles. The van der Waals surface area contributed by atoms with Gasteiger partial charge in [-0.2, -0.15) is 9.97 Å². The molecule has 0 aliphatic carbocycles. The summed E-state index contributed by atoms with van der Waals surface area (Å²) in [6.07, 6.45) is -2.19. The van der Waals surface area contributed by atoms with Gasteiger partial charge in [0, 0.05) is 21.2 Å². The fraction of sp³-hybridized carbons (Fsp3) is 0.684. The number of hydrogen-bond acceptors (Lipinski definition) is 11. The number of esters is 1. The zero-order chi connectivity index (χ0) is 25.8. The first-order chi connectivity index (χ1) is 15.8. The number of ether oxygens (including phenoxy) is 2. The van der Waals surface area contributed by atoms with Crippen molar-refractivity contribution in [3.8, 4) is 0 Å². The van der Waals surface area contributed by atoms with E-state index in [-0.39, 0.29) is 23.2 Å². The largest absolute Gasteiger partial charge is 0.613 e. The van der Waals surface area contributed by atoms with Gasteiger partial charge in [-0.3, -0.25) is 9.36 Å². The summed E-state index contributed by atoms with van der Waals surface area (Å²) < 4.78 is 44.5. The lowest BCUT2D eigenvalue weighted by molar-refractivity contribution is -0.149. The molecular weight excluding hydrogens is 472 g/mol. The van der Waals surface area contributed by atoms with E-state index < -0.39 is 44.8 Å². The second-order valence-corrected chi connectivity index (χ2v) is 9.25. The third-order valence-corrected chi connectivity index (χ3v) is 5.83. The van der Waals surface area contributed by atoms with Crippen LogP contribution in [0.1, 0.15) is 27.7 Å². The van der Waals surface area contributed by atoms with E-state index in [1.165, 1.54) is 20.4 Å². The van der Waals surface area contributed by atoms with E-state index in [0.717, 1.165) is 11.5 Å². The minimum absolute atomic E-state index is 0.0706. The number of fused-ring (bicyclic) bond motifs is 1. The number of aromatic nitrogens is 4. The minimum atomic E-state index is -2.54. The van der Waals surface area contributed by atoms with Gasteiger partial charge in [-0.15, -0.1) is 4.52 Å². The number of carbonyl (C=O) groups is 1. The number of aliphatic hydroxyl groups is 1. The molecule has 2 heterocycles. The van der Waals surface area contributed by atoms with Gasteiger partial charge in [-0.1, -0.05) is 5.09 Å². The maximum Gasteiger partial charge on any atom is 0.613 e. The molecule has 15 heteroatoms. The average molecular weight is 504 g/mol. The zero-order valence-electron chi connectivity index (χ0n) is 20.2. The van der Waals surface area contributed by atoms with Crippen molar-refractivity contribution in [2.75, 3.05) is 38.4 Å². The number of nitrogen functional groups attached to an aromatic ring is 1. The first-order valence-electron chi connectivity index (χ1n) is 10.4. The number of methoxy groups -OCH3 is 1. The highest BCUT2D eigenvalue weighted by Gasteiger charge is 2.43. The van der Waals surface area contributed by atoms with Crippen molar-refractivity contribution in [3.63, 3.8) is 0 Å². The van der Waals surface area contributed by atoms with Gasteiger partial charge in [-0.25, -0.2) is 9.37 Å². The second-order valence-electron chi connectivity index (χ2n) is 8.22. The molecule has 13 nitrogen and oxygen atoms in total. The van der Waals surface area contributed by atoms with Crippen LogP contribution in [0.15, 0.2) is 6.33 Å². The predicted molar refractivity (Wildman–Crippen MR) is 123 cm³/mol. The normalized spacial score (nSPS) is 16.7. The van der Waals surface area contributed by atoms with Crippen molar-refractivity contribution >= 4 is 37.1 Å². The number of nitrogens with one attached hydrogen (secondary N) is 1. The Morgan fingerprint density at radius 3 is 2.59 bits per heavy atom. The summed E-state index contributed by atoms with van der Waals surface area (Å²) in [5, 5.41) is 13.2. The third kappa shape index (κ3) is 6.33. The average Bonchev–Trinajstić information content (AvgIpc) is 3.17. The van der Waals surface area contributed by atoms with Gasteiger partial charge in [0.25, 0.3) is 0 Å².